The fourth-order valence-corrected chi connectivity index (χ4v) is 1.72. The van der Waals surface area contributed by atoms with Crippen LogP contribution < -0.4 is 10.6 Å². The summed E-state index contributed by atoms with van der Waals surface area (Å²) in [6.07, 6.45) is 0.244. The number of carbonyl (C=O) groups is 1. The van der Waals surface area contributed by atoms with E-state index in [4.69, 9.17) is 5.73 Å². The molecule has 1 amide bonds. The van der Waals surface area contributed by atoms with Gasteiger partial charge >= 0.3 is 0 Å². The molecule has 68 valence electrons. The Balaban J connectivity index is 2.46. The van der Waals surface area contributed by atoms with Gasteiger partial charge in [-0.1, -0.05) is 18.2 Å². The monoisotopic (exact) mass is 176 g/mol. The highest BCUT2D eigenvalue weighted by Crippen LogP contribution is 2.28. The molecule has 0 fully saturated rings. The van der Waals surface area contributed by atoms with E-state index >= 15 is 0 Å². The summed E-state index contributed by atoms with van der Waals surface area (Å²) < 4.78 is 0. The Hall–Kier alpha value is -1.35. The van der Waals surface area contributed by atoms with Crippen LogP contribution in [0.3, 0.4) is 0 Å². The second kappa shape index (κ2) is 2.85. The predicted molar refractivity (Wildman–Crippen MR) is 51.3 cm³/mol. The second-order valence-electron chi connectivity index (χ2n) is 3.31. The van der Waals surface area contributed by atoms with Gasteiger partial charge in [-0.3, -0.25) is 9.69 Å². The molecule has 1 atom stereocenters. The van der Waals surface area contributed by atoms with Crippen molar-refractivity contribution in [3.8, 4) is 0 Å². The Morgan fingerprint density at radius 1 is 1.46 bits per heavy atom. The highest BCUT2D eigenvalue weighted by atomic mass is 16.2. The quantitative estimate of drug-likeness (QED) is 0.690. The van der Waals surface area contributed by atoms with Gasteiger partial charge < -0.3 is 5.73 Å². The Labute approximate surface area is 77.1 Å². The van der Waals surface area contributed by atoms with Gasteiger partial charge in [0.25, 0.3) is 0 Å². The number of nitrogens with two attached hydrogens (primary N) is 1. The molecule has 1 aromatic carbocycles. The van der Waals surface area contributed by atoms with Gasteiger partial charge in [0, 0.05) is 5.69 Å². The van der Waals surface area contributed by atoms with Crippen LogP contribution >= 0.6 is 0 Å². The van der Waals surface area contributed by atoms with Crippen LogP contribution in [0.5, 0.6) is 0 Å². The maximum atomic E-state index is 11.5. The van der Waals surface area contributed by atoms with E-state index in [-0.39, 0.29) is 12.1 Å². The maximum absolute atomic E-state index is 11.5. The molecular weight excluding hydrogens is 164 g/mol. The summed E-state index contributed by atoms with van der Waals surface area (Å²) in [5.41, 5.74) is 7.74. The SMILES string of the molecule is CC(N)N1C(=O)Cc2ccccc21. The molecule has 0 bridgehead atoms. The number of benzene rings is 1. The molecule has 2 rings (SSSR count). The number of rotatable bonds is 1. The molecule has 0 saturated heterocycles. The van der Waals surface area contributed by atoms with Crippen molar-refractivity contribution in [1.29, 1.82) is 0 Å². The maximum Gasteiger partial charge on any atom is 0.232 e. The summed E-state index contributed by atoms with van der Waals surface area (Å²) in [4.78, 5) is 13.2. The van der Waals surface area contributed by atoms with Crippen LogP contribution in [-0.2, 0) is 11.2 Å². The fraction of sp³-hybridized carbons (Fsp3) is 0.300. The van der Waals surface area contributed by atoms with E-state index in [1.807, 2.05) is 31.2 Å². The number of para-hydroxylation sites is 1. The van der Waals surface area contributed by atoms with Gasteiger partial charge in [0.15, 0.2) is 0 Å². The van der Waals surface area contributed by atoms with Gasteiger partial charge in [-0.2, -0.15) is 0 Å². The Morgan fingerprint density at radius 3 is 2.85 bits per heavy atom. The first-order valence-electron chi connectivity index (χ1n) is 4.35. The summed E-state index contributed by atoms with van der Waals surface area (Å²) >= 11 is 0. The summed E-state index contributed by atoms with van der Waals surface area (Å²) in [5, 5.41) is 0. The van der Waals surface area contributed by atoms with Crippen LogP contribution in [0.15, 0.2) is 24.3 Å². The number of nitrogens with zero attached hydrogens (tertiary/aromatic N) is 1. The van der Waals surface area contributed by atoms with Crippen molar-refractivity contribution in [2.45, 2.75) is 19.5 Å². The third-order valence-corrected chi connectivity index (χ3v) is 2.27. The molecule has 3 nitrogen and oxygen atoms in total. The van der Waals surface area contributed by atoms with Crippen molar-refractivity contribution >= 4 is 11.6 Å². The molecule has 0 aromatic heterocycles. The lowest BCUT2D eigenvalue weighted by atomic mass is 10.2. The van der Waals surface area contributed by atoms with Crippen LogP contribution in [0.4, 0.5) is 5.69 Å². The second-order valence-corrected chi connectivity index (χ2v) is 3.31. The molecule has 1 aliphatic rings. The third kappa shape index (κ3) is 1.21. The topological polar surface area (TPSA) is 46.3 Å². The molecule has 1 heterocycles. The van der Waals surface area contributed by atoms with Crippen LogP contribution in [-0.4, -0.2) is 12.1 Å². The van der Waals surface area contributed by atoms with Gasteiger partial charge in [0.2, 0.25) is 5.91 Å². The fourth-order valence-electron chi connectivity index (χ4n) is 1.72. The van der Waals surface area contributed by atoms with Gasteiger partial charge in [0.1, 0.15) is 0 Å². The molecule has 1 aliphatic heterocycles. The highest BCUT2D eigenvalue weighted by molar-refractivity contribution is 6.01. The van der Waals surface area contributed by atoms with E-state index in [9.17, 15) is 4.79 Å². The third-order valence-electron chi connectivity index (χ3n) is 2.27. The van der Waals surface area contributed by atoms with Crippen molar-refractivity contribution in [3.63, 3.8) is 0 Å². The molecule has 0 radical (unpaired) electrons. The highest BCUT2D eigenvalue weighted by Gasteiger charge is 2.28. The van der Waals surface area contributed by atoms with Crippen LogP contribution in [0.1, 0.15) is 12.5 Å². The lowest BCUT2D eigenvalue weighted by molar-refractivity contribution is -0.117. The average molecular weight is 176 g/mol. The van der Waals surface area contributed by atoms with Gasteiger partial charge in [0.05, 0.1) is 12.6 Å². The van der Waals surface area contributed by atoms with E-state index < -0.39 is 0 Å². The summed E-state index contributed by atoms with van der Waals surface area (Å²) in [5.74, 6) is 0.0937. The lowest BCUT2D eigenvalue weighted by Gasteiger charge is -2.21. The Morgan fingerprint density at radius 2 is 2.15 bits per heavy atom. The first-order valence-corrected chi connectivity index (χ1v) is 4.35. The largest absolute Gasteiger partial charge is 0.311 e. The van der Waals surface area contributed by atoms with Crippen molar-refractivity contribution < 1.29 is 4.79 Å². The molecule has 0 saturated carbocycles. The standard InChI is InChI=1S/C10H12N2O/c1-7(11)12-9-5-3-2-4-8(9)6-10(12)13/h2-5,7H,6,11H2,1H3. The van der Waals surface area contributed by atoms with E-state index in [0.717, 1.165) is 11.3 Å². The van der Waals surface area contributed by atoms with Gasteiger partial charge in [-0.15, -0.1) is 0 Å². The number of anilines is 1. The van der Waals surface area contributed by atoms with E-state index in [1.165, 1.54) is 0 Å². The molecule has 2 N–H and O–H groups in total. The zero-order valence-corrected chi connectivity index (χ0v) is 7.53. The summed E-state index contributed by atoms with van der Waals surface area (Å²) in [6.45, 7) is 1.82. The minimum Gasteiger partial charge on any atom is -0.311 e. The number of fused-ring (bicyclic) bond motifs is 1. The zero-order chi connectivity index (χ0) is 9.42. The van der Waals surface area contributed by atoms with Gasteiger partial charge in [-0.25, -0.2) is 0 Å². The van der Waals surface area contributed by atoms with E-state index in [1.54, 1.807) is 4.90 Å². The minimum atomic E-state index is -0.240. The van der Waals surface area contributed by atoms with Gasteiger partial charge in [-0.05, 0) is 18.6 Å². The van der Waals surface area contributed by atoms with Crippen molar-refractivity contribution in [1.82, 2.24) is 0 Å². The number of hydrogen-bond acceptors (Lipinski definition) is 2. The lowest BCUT2D eigenvalue weighted by Crippen LogP contribution is -2.41. The molecule has 3 heteroatoms. The smallest absolute Gasteiger partial charge is 0.232 e. The average Bonchev–Trinajstić information content (AvgIpc) is 2.39. The normalized spacial score (nSPS) is 17.4. The zero-order valence-electron chi connectivity index (χ0n) is 7.53. The molecule has 1 unspecified atom stereocenters. The first-order chi connectivity index (χ1) is 6.20. The summed E-state index contributed by atoms with van der Waals surface area (Å²) in [7, 11) is 0. The summed E-state index contributed by atoms with van der Waals surface area (Å²) in [6, 6.07) is 7.77. The minimum absolute atomic E-state index is 0.0937. The molecule has 1 aromatic rings. The Bertz CT molecular complexity index is 347. The predicted octanol–water partition coefficient (Wildman–Crippen LogP) is 0.880. The molecule has 0 aliphatic carbocycles. The Kier molecular flexibility index (Phi) is 1.81. The first kappa shape index (κ1) is 8.26. The van der Waals surface area contributed by atoms with E-state index in [2.05, 4.69) is 0 Å². The van der Waals surface area contributed by atoms with Crippen molar-refractivity contribution in [2.24, 2.45) is 5.73 Å². The van der Waals surface area contributed by atoms with Crippen LogP contribution in [0.2, 0.25) is 0 Å². The molecular formula is C10H12N2O. The molecule has 0 spiro atoms. The van der Waals surface area contributed by atoms with Crippen LogP contribution in [0.25, 0.3) is 0 Å². The van der Waals surface area contributed by atoms with Crippen LogP contribution in [0, 0.1) is 0 Å². The van der Waals surface area contributed by atoms with Crippen molar-refractivity contribution in [3.05, 3.63) is 29.8 Å². The molecule has 13 heavy (non-hydrogen) atoms. The number of amides is 1. The number of carbonyl (C=O) groups excluding carboxylic acids is 1. The van der Waals surface area contributed by atoms with Crippen molar-refractivity contribution in [2.75, 3.05) is 4.90 Å². The number of hydrogen-bond donors (Lipinski definition) is 1. The van der Waals surface area contributed by atoms with E-state index in [0.29, 0.717) is 6.42 Å².